The van der Waals surface area contributed by atoms with Gasteiger partial charge in [0, 0.05) is 45.0 Å². The maximum Gasteiger partial charge on any atom is 0.135 e. The molecule has 0 amide bonds. The summed E-state index contributed by atoms with van der Waals surface area (Å²) in [5, 5.41) is 4.47. The molecule has 246 valence electrons. The molecular weight excluding hydrogens is 635 g/mol. The molecule has 3 nitrogen and oxygen atoms in total. The number of fused-ring (bicyclic) bond motifs is 7. The van der Waals surface area contributed by atoms with Crippen molar-refractivity contribution in [2.75, 3.05) is 11.4 Å². The molecule has 0 radical (unpaired) electrons. The Hall–Kier alpha value is -6.84. The fourth-order valence-corrected chi connectivity index (χ4v) is 7.60. The highest BCUT2D eigenvalue weighted by Gasteiger charge is 2.17. The highest BCUT2D eigenvalue weighted by molar-refractivity contribution is 6.08. The van der Waals surface area contributed by atoms with Crippen LogP contribution in [0.1, 0.15) is 5.56 Å². The SMILES string of the molecule is C=C1/C=C\C=C/CN(c2ccc3oc4ccc(-c5cccc(-c6cccc(-c7ccc8oc9ccccc9c8c7)c6)c5)cc4c3c2)c2ccccc21. The molecule has 0 atom stereocenters. The Morgan fingerprint density at radius 2 is 0.981 bits per heavy atom. The van der Waals surface area contributed by atoms with Crippen LogP contribution in [-0.2, 0) is 0 Å². The number of nitrogens with zero attached hydrogens (tertiary/aromatic N) is 1. The second kappa shape index (κ2) is 12.2. The summed E-state index contributed by atoms with van der Waals surface area (Å²) in [5.41, 5.74) is 14.9. The van der Waals surface area contributed by atoms with Gasteiger partial charge in [-0.15, -0.1) is 0 Å². The predicted octanol–water partition coefficient (Wildman–Crippen LogP) is 13.8. The third kappa shape index (κ3) is 5.14. The molecule has 0 aliphatic carbocycles. The number of benzene rings is 7. The van der Waals surface area contributed by atoms with Gasteiger partial charge in [-0.2, -0.15) is 0 Å². The summed E-state index contributed by atoms with van der Waals surface area (Å²) in [6, 6.07) is 53.8. The summed E-state index contributed by atoms with van der Waals surface area (Å²) in [7, 11) is 0. The van der Waals surface area contributed by atoms with Crippen LogP contribution in [-0.4, -0.2) is 6.54 Å². The van der Waals surface area contributed by atoms with E-state index in [2.05, 4.69) is 175 Å². The van der Waals surface area contributed by atoms with Crippen LogP contribution in [0.5, 0.6) is 0 Å². The van der Waals surface area contributed by atoms with Crippen molar-refractivity contribution in [3.05, 3.63) is 188 Å². The van der Waals surface area contributed by atoms with Gasteiger partial charge in [0.1, 0.15) is 22.3 Å². The summed E-state index contributed by atoms with van der Waals surface area (Å²) in [5.74, 6) is 0. The first kappa shape index (κ1) is 30.0. The van der Waals surface area contributed by atoms with Crippen molar-refractivity contribution in [1.82, 2.24) is 0 Å². The van der Waals surface area contributed by atoms with Crippen LogP contribution < -0.4 is 4.90 Å². The zero-order valence-corrected chi connectivity index (χ0v) is 28.4. The molecule has 52 heavy (non-hydrogen) atoms. The van der Waals surface area contributed by atoms with Gasteiger partial charge in [-0.05, 0) is 106 Å². The summed E-state index contributed by atoms with van der Waals surface area (Å²) in [4.78, 5) is 2.35. The first-order valence-corrected chi connectivity index (χ1v) is 17.6. The largest absolute Gasteiger partial charge is 0.456 e. The Morgan fingerprint density at radius 3 is 1.67 bits per heavy atom. The molecule has 10 rings (SSSR count). The third-order valence-electron chi connectivity index (χ3n) is 10.2. The van der Waals surface area contributed by atoms with E-state index in [0.29, 0.717) is 0 Å². The molecule has 9 aromatic rings. The Balaban J connectivity index is 1.01. The van der Waals surface area contributed by atoms with Crippen molar-refractivity contribution in [3.63, 3.8) is 0 Å². The van der Waals surface area contributed by atoms with E-state index in [4.69, 9.17) is 8.83 Å². The molecule has 0 fully saturated rings. The van der Waals surface area contributed by atoms with Crippen LogP contribution in [0.2, 0.25) is 0 Å². The second-order valence-electron chi connectivity index (χ2n) is 13.4. The van der Waals surface area contributed by atoms with Crippen LogP contribution in [0.15, 0.2) is 191 Å². The third-order valence-corrected chi connectivity index (χ3v) is 10.2. The summed E-state index contributed by atoms with van der Waals surface area (Å²) in [6.07, 6.45) is 8.41. The van der Waals surface area contributed by atoms with Gasteiger partial charge in [0.15, 0.2) is 0 Å². The number of rotatable bonds is 4. The quantitative estimate of drug-likeness (QED) is 0.187. The first-order valence-electron chi connectivity index (χ1n) is 17.6. The average molecular weight is 668 g/mol. The molecule has 1 aliphatic heterocycles. The highest BCUT2D eigenvalue weighted by Crippen LogP contribution is 2.39. The van der Waals surface area contributed by atoms with Crippen molar-refractivity contribution >= 4 is 60.8 Å². The minimum Gasteiger partial charge on any atom is -0.456 e. The second-order valence-corrected chi connectivity index (χ2v) is 13.4. The molecule has 0 saturated carbocycles. The van der Waals surface area contributed by atoms with Crippen LogP contribution in [0.4, 0.5) is 11.4 Å². The molecule has 2 aromatic heterocycles. The van der Waals surface area contributed by atoms with Gasteiger partial charge in [0.25, 0.3) is 0 Å². The fourth-order valence-electron chi connectivity index (χ4n) is 7.60. The lowest BCUT2D eigenvalue weighted by Crippen LogP contribution is -2.18. The number of anilines is 2. The van der Waals surface area contributed by atoms with Gasteiger partial charge < -0.3 is 13.7 Å². The van der Waals surface area contributed by atoms with E-state index in [0.717, 1.165) is 84.1 Å². The van der Waals surface area contributed by atoms with Crippen LogP contribution in [0.25, 0.3) is 82.8 Å². The first-order chi connectivity index (χ1) is 25.7. The molecule has 0 bridgehead atoms. The number of hydrogen-bond donors (Lipinski definition) is 0. The standard InChI is InChI=1S/C49H33NO2/c1-32-11-3-2-8-26-50(45-18-6-4-16-40(32)45)39-22-25-49-44(31-39)43-30-38(21-24-48(43)52-49)36-15-10-13-34(28-36)33-12-9-14-35(27-33)37-20-23-47-42(29-37)41-17-5-7-19-46(41)51-47/h2-25,27-31H,1,26H2/b8-2-,11-3-. The lowest BCUT2D eigenvalue weighted by atomic mass is 9.95. The van der Waals surface area contributed by atoms with E-state index in [1.807, 2.05) is 12.1 Å². The zero-order chi connectivity index (χ0) is 34.6. The van der Waals surface area contributed by atoms with E-state index in [-0.39, 0.29) is 0 Å². The van der Waals surface area contributed by atoms with E-state index >= 15 is 0 Å². The molecule has 7 aromatic carbocycles. The van der Waals surface area contributed by atoms with Gasteiger partial charge in [0.2, 0.25) is 0 Å². The van der Waals surface area contributed by atoms with Gasteiger partial charge >= 0.3 is 0 Å². The number of hydrogen-bond acceptors (Lipinski definition) is 3. The molecule has 3 heteroatoms. The number of furan rings is 2. The summed E-state index contributed by atoms with van der Waals surface area (Å²) >= 11 is 0. The van der Waals surface area contributed by atoms with Gasteiger partial charge in [-0.25, -0.2) is 0 Å². The van der Waals surface area contributed by atoms with Crippen molar-refractivity contribution in [2.24, 2.45) is 0 Å². The van der Waals surface area contributed by atoms with Gasteiger partial charge in [0.05, 0.1) is 0 Å². The van der Waals surface area contributed by atoms with Crippen molar-refractivity contribution in [1.29, 1.82) is 0 Å². The summed E-state index contributed by atoms with van der Waals surface area (Å²) < 4.78 is 12.5. The van der Waals surface area contributed by atoms with Crippen molar-refractivity contribution in [3.8, 4) is 33.4 Å². The number of para-hydroxylation sites is 2. The smallest absolute Gasteiger partial charge is 0.135 e. The Labute approximate surface area is 301 Å². The maximum absolute atomic E-state index is 6.37. The molecular formula is C49H33NO2. The number of allylic oxidation sites excluding steroid dienone is 4. The lowest BCUT2D eigenvalue weighted by Gasteiger charge is -2.26. The van der Waals surface area contributed by atoms with Gasteiger partial charge in [-0.1, -0.05) is 116 Å². The molecule has 0 N–H and O–H groups in total. The molecule has 1 aliphatic rings. The van der Waals surface area contributed by atoms with Crippen molar-refractivity contribution in [2.45, 2.75) is 0 Å². The minimum atomic E-state index is 0.740. The zero-order valence-electron chi connectivity index (χ0n) is 28.4. The molecule has 0 spiro atoms. The predicted molar refractivity (Wildman–Crippen MR) is 218 cm³/mol. The maximum atomic E-state index is 6.37. The Bertz CT molecular complexity index is 2920. The van der Waals surface area contributed by atoms with E-state index in [1.165, 1.54) is 22.3 Å². The Morgan fingerprint density at radius 1 is 0.442 bits per heavy atom. The van der Waals surface area contributed by atoms with E-state index < -0.39 is 0 Å². The van der Waals surface area contributed by atoms with Crippen molar-refractivity contribution < 1.29 is 8.83 Å². The Kier molecular flexibility index (Phi) is 7.04. The summed E-state index contributed by atoms with van der Waals surface area (Å²) in [6.45, 7) is 5.08. The monoisotopic (exact) mass is 667 g/mol. The molecule has 0 unspecified atom stereocenters. The fraction of sp³-hybridized carbons (Fsp3) is 0.0204. The van der Waals surface area contributed by atoms with Gasteiger partial charge in [-0.3, -0.25) is 0 Å². The topological polar surface area (TPSA) is 29.5 Å². The lowest BCUT2D eigenvalue weighted by molar-refractivity contribution is 0.668. The minimum absolute atomic E-state index is 0.740. The molecule has 3 heterocycles. The average Bonchev–Trinajstić information content (AvgIpc) is 3.78. The van der Waals surface area contributed by atoms with Crippen LogP contribution in [0.3, 0.4) is 0 Å². The van der Waals surface area contributed by atoms with Crippen LogP contribution >= 0.6 is 0 Å². The normalized spacial score (nSPS) is 14.4. The molecule has 0 saturated heterocycles. The van der Waals surface area contributed by atoms with E-state index in [9.17, 15) is 0 Å². The highest BCUT2D eigenvalue weighted by atomic mass is 16.3. The van der Waals surface area contributed by atoms with E-state index in [1.54, 1.807) is 0 Å². The van der Waals surface area contributed by atoms with Crippen LogP contribution in [0, 0.1) is 0 Å².